The first-order chi connectivity index (χ1) is 8.49. The Hall–Kier alpha value is -1.56. The van der Waals surface area contributed by atoms with E-state index in [1.165, 1.54) is 18.5 Å². The number of hydrogen-bond donors (Lipinski definition) is 1. The zero-order valence-electron chi connectivity index (χ0n) is 10.6. The maximum absolute atomic E-state index is 12.2. The number of thioether (sulfide) groups is 1. The van der Waals surface area contributed by atoms with Crippen molar-refractivity contribution in [2.24, 2.45) is 0 Å². The summed E-state index contributed by atoms with van der Waals surface area (Å²) in [7, 11) is 1.68. The maximum atomic E-state index is 12.2. The standard InChI is InChI=1S/C12H16N2O3S/c1-8(7-18-3)14(2)11(15)9-4-5-13-6-10(9)12(16)17/h4-6,8H,7H2,1-3H3,(H,16,17). The van der Waals surface area contributed by atoms with Crippen molar-refractivity contribution in [3.05, 3.63) is 29.6 Å². The number of nitrogens with zero attached hydrogens (tertiary/aromatic N) is 2. The lowest BCUT2D eigenvalue weighted by Crippen LogP contribution is -2.37. The van der Waals surface area contributed by atoms with Gasteiger partial charge >= 0.3 is 5.97 Å². The molecule has 1 rings (SSSR count). The van der Waals surface area contributed by atoms with Crippen LogP contribution in [0.4, 0.5) is 0 Å². The van der Waals surface area contributed by atoms with Crippen molar-refractivity contribution >= 4 is 23.6 Å². The second-order valence-corrected chi connectivity index (χ2v) is 4.86. The number of hydrogen-bond acceptors (Lipinski definition) is 4. The van der Waals surface area contributed by atoms with Gasteiger partial charge in [-0.1, -0.05) is 0 Å². The van der Waals surface area contributed by atoms with Crippen molar-refractivity contribution in [1.29, 1.82) is 0 Å². The van der Waals surface area contributed by atoms with E-state index in [4.69, 9.17) is 5.11 Å². The lowest BCUT2D eigenvalue weighted by molar-refractivity contribution is 0.0674. The van der Waals surface area contributed by atoms with Gasteiger partial charge in [-0.15, -0.1) is 0 Å². The van der Waals surface area contributed by atoms with Crippen LogP contribution >= 0.6 is 11.8 Å². The van der Waals surface area contributed by atoms with Crippen LogP contribution in [-0.4, -0.2) is 52.0 Å². The molecule has 1 unspecified atom stereocenters. The van der Waals surface area contributed by atoms with E-state index in [2.05, 4.69) is 4.98 Å². The molecule has 5 nitrogen and oxygen atoms in total. The molecule has 98 valence electrons. The summed E-state index contributed by atoms with van der Waals surface area (Å²) in [6.07, 6.45) is 4.58. The van der Waals surface area contributed by atoms with Crippen molar-refractivity contribution in [2.75, 3.05) is 19.1 Å². The minimum absolute atomic E-state index is 0.0438. The molecule has 6 heteroatoms. The van der Waals surface area contributed by atoms with Gasteiger partial charge in [-0.2, -0.15) is 11.8 Å². The van der Waals surface area contributed by atoms with Crippen LogP contribution in [0, 0.1) is 0 Å². The van der Waals surface area contributed by atoms with Crippen molar-refractivity contribution in [3.8, 4) is 0 Å². The van der Waals surface area contributed by atoms with E-state index >= 15 is 0 Å². The van der Waals surface area contributed by atoms with Gasteiger partial charge in [-0.25, -0.2) is 4.79 Å². The van der Waals surface area contributed by atoms with E-state index < -0.39 is 5.97 Å². The van der Waals surface area contributed by atoms with E-state index in [0.717, 1.165) is 5.75 Å². The number of carboxylic acid groups (broad SMARTS) is 1. The summed E-state index contributed by atoms with van der Waals surface area (Å²) < 4.78 is 0. The second kappa shape index (κ2) is 6.39. The Bertz CT molecular complexity index is 451. The predicted molar refractivity (Wildman–Crippen MR) is 71.1 cm³/mol. The fourth-order valence-electron chi connectivity index (χ4n) is 1.49. The van der Waals surface area contributed by atoms with Crippen LogP contribution in [-0.2, 0) is 0 Å². The third-order valence-electron chi connectivity index (χ3n) is 2.67. The van der Waals surface area contributed by atoms with E-state index in [0.29, 0.717) is 0 Å². The molecule has 0 saturated carbocycles. The SMILES string of the molecule is CSCC(C)N(C)C(=O)c1ccncc1C(=O)O. The number of aromatic carboxylic acids is 1. The highest BCUT2D eigenvalue weighted by molar-refractivity contribution is 7.98. The van der Waals surface area contributed by atoms with Gasteiger partial charge in [-0.3, -0.25) is 9.78 Å². The van der Waals surface area contributed by atoms with Crippen LogP contribution in [0.2, 0.25) is 0 Å². The summed E-state index contributed by atoms with van der Waals surface area (Å²) in [5.74, 6) is -0.635. The van der Waals surface area contributed by atoms with Gasteiger partial charge in [-0.05, 0) is 19.2 Å². The highest BCUT2D eigenvalue weighted by Gasteiger charge is 2.22. The number of amides is 1. The second-order valence-electron chi connectivity index (χ2n) is 3.95. The first-order valence-corrected chi connectivity index (χ1v) is 6.81. The van der Waals surface area contributed by atoms with Crippen LogP contribution in [0.25, 0.3) is 0 Å². The molecule has 1 aromatic heterocycles. The summed E-state index contributed by atoms with van der Waals surface area (Å²) in [5, 5.41) is 9.02. The topological polar surface area (TPSA) is 70.5 Å². The molecule has 1 atom stereocenters. The molecule has 0 aliphatic rings. The van der Waals surface area contributed by atoms with Crippen LogP contribution < -0.4 is 0 Å². The molecule has 0 spiro atoms. The molecule has 0 aliphatic heterocycles. The third-order valence-corrected chi connectivity index (χ3v) is 3.49. The lowest BCUT2D eigenvalue weighted by Gasteiger charge is -2.24. The van der Waals surface area contributed by atoms with Gasteiger partial charge in [0.1, 0.15) is 0 Å². The van der Waals surface area contributed by atoms with Crippen molar-refractivity contribution in [2.45, 2.75) is 13.0 Å². The molecule has 0 aliphatic carbocycles. The minimum atomic E-state index is -1.14. The molecule has 18 heavy (non-hydrogen) atoms. The molecule has 0 saturated heterocycles. The van der Waals surface area contributed by atoms with Crippen molar-refractivity contribution in [3.63, 3.8) is 0 Å². The molecule has 1 amide bonds. The van der Waals surface area contributed by atoms with Crippen LogP contribution in [0.15, 0.2) is 18.5 Å². The molecular formula is C12H16N2O3S. The first-order valence-electron chi connectivity index (χ1n) is 5.42. The number of carboxylic acids is 1. The van der Waals surface area contributed by atoms with Crippen molar-refractivity contribution < 1.29 is 14.7 Å². The maximum Gasteiger partial charge on any atom is 0.338 e. The van der Waals surface area contributed by atoms with Crippen LogP contribution in [0.3, 0.4) is 0 Å². The number of carbonyl (C=O) groups excluding carboxylic acids is 1. The number of pyridine rings is 1. The molecular weight excluding hydrogens is 252 g/mol. The van der Waals surface area contributed by atoms with Crippen LogP contribution in [0.5, 0.6) is 0 Å². The summed E-state index contributed by atoms with van der Waals surface area (Å²) in [5.41, 5.74) is 0.110. The molecule has 1 aromatic rings. The highest BCUT2D eigenvalue weighted by Crippen LogP contribution is 2.13. The highest BCUT2D eigenvalue weighted by atomic mass is 32.2. The summed E-state index contributed by atoms with van der Waals surface area (Å²) in [4.78, 5) is 28.5. The molecule has 0 aromatic carbocycles. The quantitative estimate of drug-likeness (QED) is 0.878. The average Bonchev–Trinajstić information content (AvgIpc) is 2.37. The Morgan fingerprint density at radius 1 is 1.50 bits per heavy atom. The van der Waals surface area contributed by atoms with Gasteiger partial charge < -0.3 is 10.0 Å². The normalized spacial score (nSPS) is 11.9. The van der Waals surface area contributed by atoms with Crippen molar-refractivity contribution in [1.82, 2.24) is 9.88 Å². The van der Waals surface area contributed by atoms with E-state index in [1.54, 1.807) is 23.7 Å². The van der Waals surface area contributed by atoms with E-state index in [1.807, 2.05) is 13.2 Å². The molecule has 0 fully saturated rings. The Morgan fingerprint density at radius 3 is 2.72 bits per heavy atom. The predicted octanol–water partition coefficient (Wildman–Crippen LogP) is 1.60. The monoisotopic (exact) mass is 268 g/mol. The average molecular weight is 268 g/mol. The van der Waals surface area contributed by atoms with Gasteiger partial charge in [0.25, 0.3) is 5.91 Å². The van der Waals surface area contributed by atoms with Gasteiger partial charge in [0.15, 0.2) is 0 Å². The summed E-state index contributed by atoms with van der Waals surface area (Å²) in [6.45, 7) is 1.93. The Balaban J connectivity index is 3.00. The Morgan fingerprint density at radius 2 is 2.17 bits per heavy atom. The Kier molecular flexibility index (Phi) is 5.15. The first kappa shape index (κ1) is 14.5. The van der Waals surface area contributed by atoms with Gasteiger partial charge in [0.2, 0.25) is 0 Å². The molecule has 1 heterocycles. The van der Waals surface area contributed by atoms with E-state index in [-0.39, 0.29) is 23.1 Å². The summed E-state index contributed by atoms with van der Waals surface area (Å²) >= 11 is 1.64. The van der Waals surface area contributed by atoms with Gasteiger partial charge in [0, 0.05) is 31.2 Å². The number of rotatable bonds is 5. The summed E-state index contributed by atoms with van der Waals surface area (Å²) in [6, 6.07) is 1.48. The fraction of sp³-hybridized carbons (Fsp3) is 0.417. The number of carbonyl (C=O) groups is 2. The zero-order valence-corrected chi connectivity index (χ0v) is 11.4. The molecule has 0 radical (unpaired) electrons. The number of aromatic nitrogens is 1. The fourth-order valence-corrected chi connectivity index (χ4v) is 2.20. The van der Waals surface area contributed by atoms with E-state index in [9.17, 15) is 9.59 Å². The Labute approximate surface area is 110 Å². The van der Waals surface area contributed by atoms with Gasteiger partial charge in [0.05, 0.1) is 11.1 Å². The smallest absolute Gasteiger partial charge is 0.338 e. The third kappa shape index (κ3) is 3.22. The lowest BCUT2D eigenvalue weighted by atomic mass is 10.1. The molecule has 0 bridgehead atoms. The van der Waals surface area contributed by atoms with Crippen LogP contribution in [0.1, 0.15) is 27.6 Å². The molecule has 1 N–H and O–H groups in total. The minimum Gasteiger partial charge on any atom is -0.478 e. The largest absolute Gasteiger partial charge is 0.478 e. The zero-order chi connectivity index (χ0) is 13.7.